The van der Waals surface area contributed by atoms with Crippen molar-refractivity contribution in [2.24, 2.45) is 11.7 Å². The van der Waals surface area contributed by atoms with E-state index in [1.165, 1.54) is 28.7 Å². The lowest BCUT2D eigenvalue weighted by Gasteiger charge is -2.16. The molecule has 2 atom stereocenters. The summed E-state index contributed by atoms with van der Waals surface area (Å²) in [6, 6.07) is 19.2. The maximum absolute atomic E-state index is 5.90. The highest BCUT2D eigenvalue weighted by molar-refractivity contribution is 5.78. The van der Waals surface area contributed by atoms with E-state index < -0.39 is 0 Å². The third kappa shape index (κ3) is 3.17. The van der Waals surface area contributed by atoms with Crippen molar-refractivity contribution in [2.75, 3.05) is 0 Å². The topological polar surface area (TPSA) is 26.0 Å². The molecule has 0 saturated heterocycles. The van der Waals surface area contributed by atoms with Crippen LogP contribution < -0.4 is 5.73 Å². The molecule has 1 fully saturated rings. The Labute approximate surface area is 145 Å². The molecule has 124 valence electrons. The largest absolute Gasteiger partial charge is 0.404 e. The van der Waals surface area contributed by atoms with Gasteiger partial charge in [0, 0.05) is 6.20 Å². The van der Waals surface area contributed by atoms with Crippen molar-refractivity contribution in [1.29, 1.82) is 0 Å². The van der Waals surface area contributed by atoms with E-state index >= 15 is 0 Å². The molecule has 0 heterocycles. The van der Waals surface area contributed by atoms with Gasteiger partial charge in [0.1, 0.15) is 0 Å². The summed E-state index contributed by atoms with van der Waals surface area (Å²) in [5.74, 6) is 0.785. The molecule has 1 nitrogen and oxygen atoms in total. The van der Waals surface area contributed by atoms with Crippen LogP contribution in [0.2, 0.25) is 0 Å². The van der Waals surface area contributed by atoms with Crippen LogP contribution >= 0.6 is 0 Å². The highest BCUT2D eigenvalue weighted by atomic mass is 14.5. The predicted octanol–water partition coefficient (Wildman–Crippen LogP) is 5.47. The van der Waals surface area contributed by atoms with Crippen molar-refractivity contribution in [1.82, 2.24) is 0 Å². The minimum Gasteiger partial charge on any atom is -0.404 e. The third-order valence-corrected chi connectivity index (χ3v) is 5.59. The Kier molecular flexibility index (Phi) is 4.62. The van der Waals surface area contributed by atoms with Crippen LogP contribution in [0.5, 0.6) is 0 Å². The Balaban J connectivity index is 1.84. The zero-order chi connectivity index (χ0) is 17.2. The molecule has 2 aromatic carbocycles. The summed E-state index contributed by atoms with van der Waals surface area (Å²) in [4.78, 5) is 0. The SMILES string of the molecule is CC(=C/Cc1ccccc1C1(C)CC1C)/C(=C\N)c1ccccc1. The van der Waals surface area contributed by atoms with E-state index in [1.54, 1.807) is 6.20 Å². The Morgan fingerprint density at radius 2 is 1.75 bits per heavy atom. The molecule has 0 spiro atoms. The number of rotatable bonds is 5. The molecule has 24 heavy (non-hydrogen) atoms. The van der Waals surface area contributed by atoms with Gasteiger partial charge in [-0.3, -0.25) is 0 Å². The first-order valence-electron chi connectivity index (χ1n) is 8.79. The molecule has 0 bridgehead atoms. The summed E-state index contributed by atoms with van der Waals surface area (Å²) >= 11 is 0. The van der Waals surface area contributed by atoms with Gasteiger partial charge in [-0.05, 0) is 58.9 Å². The molecule has 3 rings (SSSR count). The van der Waals surface area contributed by atoms with Crippen molar-refractivity contribution >= 4 is 5.57 Å². The highest BCUT2D eigenvalue weighted by Gasteiger charge is 2.48. The van der Waals surface area contributed by atoms with Crippen molar-refractivity contribution in [2.45, 2.75) is 39.0 Å². The van der Waals surface area contributed by atoms with E-state index in [0.717, 1.165) is 17.9 Å². The molecule has 0 amide bonds. The second kappa shape index (κ2) is 6.68. The van der Waals surface area contributed by atoms with Gasteiger partial charge in [0.2, 0.25) is 0 Å². The molecule has 2 aromatic rings. The highest BCUT2D eigenvalue weighted by Crippen LogP contribution is 2.54. The van der Waals surface area contributed by atoms with Gasteiger partial charge >= 0.3 is 0 Å². The molecule has 0 aromatic heterocycles. The second-order valence-corrected chi connectivity index (χ2v) is 7.22. The monoisotopic (exact) mass is 317 g/mol. The molecular formula is C23H27N. The fraction of sp³-hybridized carbons (Fsp3) is 0.304. The van der Waals surface area contributed by atoms with E-state index in [0.29, 0.717) is 5.41 Å². The zero-order valence-corrected chi connectivity index (χ0v) is 14.9. The maximum atomic E-state index is 5.90. The van der Waals surface area contributed by atoms with Crippen LogP contribution in [0.15, 0.2) is 72.4 Å². The van der Waals surface area contributed by atoms with E-state index in [4.69, 9.17) is 5.73 Å². The van der Waals surface area contributed by atoms with Crippen molar-refractivity contribution in [3.05, 3.63) is 89.1 Å². The van der Waals surface area contributed by atoms with Gasteiger partial charge in [-0.2, -0.15) is 0 Å². The average molecular weight is 317 g/mol. The standard InChI is InChI=1S/C23H27N/c1-17(21(16-24)19-9-5-4-6-10-19)13-14-20-11-7-8-12-22(20)23(3)15-18(23)2/h4-13,16,18H,14-15,24H2,1-3H3/b17-13-,21-16+. The van der Waals surface area contributed by atoms with Crippen molar-refractivity contribution in [3.63, 3.8) is 0 Å². The average Bonchev–Trinajstić information content (AvgIpc) is 3.23. The van der Waals surface area contributed by atoms with Gasteiger partial charge in [-0.15, -0.1) is 0 Å². The van der Waals surface area contributed by atoms with Crippen LogP contribution in [0.1, 0.15) is 43.9 Å². The first-order chi connectivity index (χ1) is 11.6. The minimum atomic E-state index is 0.365. The lowest BCUT2D eigenvalue weighted by molar-refractivity contribution is 0.694. The lowest BCUT2D eigenvalue weighted by atomic mass is 9.89. The van der Waals surface area contributed by atoms with E-state index in [9.17, 15) is 0 Å². The number of hydrogen-bond donors (Lipinski definition) is 1. The van der Waals surface area contributed by atoms with Gasteiger partial charge in [-0.1, -0.05) is 74.5 Å². The van der Waals surface area contributed by atoms with Gasteiger partial charge in [-0.25, -0.2) is 0 Å². The fourth-order valence-corrected chi connectivity index (χ4v) is 3.65. The van der Waals surface area contributed by atoms with Crippen molar-refractivity contribution in [3.8, 4) is 0 Å². The van der Waals surface area contributed by atoms with Crippen LogP contribution in [0.3, 0.4) is 0 Å². The lowest BCUT2D eigenvalue weighted by Crippen LogP contribution is -2.07. The molecular weight excluding hydrogens is 290 g/mol. The van der Waals surface area contributed by atoms with Gasteiger partial charge < -0.3 is 5.73 Å². The van der Waals surface area contributed by atoms with Crippen LogP contribution in [-0.2, 0) is 11.8 Å². The predicted molar refractivity (Wildman–Crippen MR) is 104 cm³/mol. The van der Waals surface area contributed by atoms with E-state index in [1.807, 2.05) is 6.07 Å². The molecule has 0 aliphatic heterocycles. The minimum absolute atomic E-state index is 0.365. The van der Waals surface area contributed by atoms with Gasteiger partial charge in [0.25, 0.3) is 0 Å². The molecule has 2 unspecified atom stereocenters. The van der Waals surface area contributed by atoms with Crippen LogP contribution in [0.4, 0.5) is 0 Å². The Bertz CT molecular complexity index is 770. The first-order valence-corrected chi connectivity index (χ1v) is 8.79. The summed E-state index contributed by atoms with van der Waals surface area (Å²) in [6.07, 6.45) is 6.28. The number of benzene rings is 2. The summed E-state index contributed by atoms with van der Waals surface area (Å²) < 4.78 is 0. The molecule has 2 N–H and O–H groups in total. The Morgan fingerprint density at radius 3 is 2.38 bits per heavy atom. The van der Waals surface area contributed by atoms with E-state index in [-0.39, 0.29) is 0 Å². The van der Waals surface area contributed by atoms with Crippen LogP contribution in [0.25, 0.3) is 5.57 Å². The Hall–Kier alpha value is -2.28. The fourth-order valence-electron chi connectivity index (χ4n) is 3.65. The molecule has 1 heteroatoms. The number of allylic oxidation sites excluding steroid dienone is 3. The number of hydrogen-bond acceptors (Lipinski definition) is 1. The third-order valence-electron chi connectivity index (χ3n) is 5.59. The summed E-state index contributed by atoms with van der Waals surface area (Å²) in [6.45, 7) is 6.89. The first kappa shape index (κ1) is 16.6. The van der Waals surface area contributed by atoms with Gasteiger partial charge in [0.15, 0.2) is 0 Å². The summed E-state index contributed by atoms with van der Waals surface area (Å²) in [5.41, 5.74) is 12.7. The van der Waals surface area contributed by atoms with Crippen molar-refractivity contribution < 1.29 is 0 Å². The molecule has 1 aliphatic carbocycles. The second-order valence-electron chi connectivity index (χ2n) is 7.22. The summed E-state index contributed by atoms with van der Waals surface area (Å²) in [5, 5.41) is 0. The van der Waals surface area contributed by atoms with E-state index in [2.05, 4.69) is 75.4 Å². The normalized spacial score (nSPS) is 24.0. The molecule has 1 saturated carbocycles. The quantitative estimate of drug-likeness (QED) is 0.727. The maximum Gasteiger partial charge on any atom is 0.00201 e. The molecule has 0 radical (unpaired) electrons. The van der Waals surface area contributed by atoms with Gasteiger partial charge in [0.05, 0.1) is 0 Å². The Morgan fingerprint density at radius 1 is 1.12 bits per heavy atom. The van der Waals surface area contributed by atoms with Crippen LogP contribution in [-0.4, -0.2) is 0 Å². The number of nitrogens with two attached hydrogens (primary N) is 1. The van der Waals surface area contributed by atoms with Crippen LogP contribution in [0, 0.1) is 5.92 Å². The molecule has 1 aliphatic rings. The smallest absolute Gasteiger partial charge is 0.00201 e. The zero-order valence-electron chi connectivity index (χ0n) is 14.9. The summed E-state index contributed by atoms with van der Waals surface area (Å²) in [7, 11) is 0.